The lowest BCUT2D eigenvalue weighted by molar-refractivity contribution is -0.0566. The summed E-state index contributed by atoms with van der Waals surface area (Å²) >= 11 is 0. The molecule has 0 radical (unpaired) electrons. The van der Waals surface area contributed by atoms with E-state index >= 15 is 0 Å². The van der Waals surface area contributed by atoms with Crippen molar-refractivity contribution < 1.29 is 14.6 Å². The van der Waals surface area contributed by atoms with Crippen molar-refractivity contribution in [3.63, 3.8) is 0 Å². The van der Waals surface area contributed by atoms with Crippen LogP contribution in [0.4, 0.5) is 0 Å². The number of nitrogens with one attached hydrogen (secondary N) is 1. The van der Waals surface area contributed by atoms with Crippen molar-refractivity contribution in [1.29, 1.82) is 0 Å². The quantitative estimate of drug-likeness (QED) is 0.793. The van der Waals surface area contributed by atoms with Crippen LogP contribution in [0.2, 0.25) is 0 Å². The maximum atomic E-state index is 12.4. The zero-order valence-corrected chi connectivity index (χ0v) is 15.0. The van der Waals surface area contributed by atoms with E-state index in [1.54, 1.807) is 13.8 Å². The van der Waals surface area contributed by atoms with E-state index in [9.17, 15) is 14.7 Å². The van der Waals surface area contributed by atoms with Gasteiger partial charge in [0.1, 0.15) is 11.4 Å². The van der Waals surface area contributed by atoms with E-state index in [0.717, 1.165) is 12.8 Å². The SMILES string of the molecule is CC1(C)OCCn2c1nc(C(=O)NCCCc1ccccc1)c(O)c2=O. The molecule has 0 atom stereocenters. The molecule has 1 aromatic heterocycles. The van der Waals surface area contributed by atoms with E-state index in [1.807, 2.05) is 30.3 Å². The molecular formula is C19H23N3O4. The molecule has 0 saturated heterocycles. The predicted molar refractivity (Wildman–Crippen MR) is 96.2 cm³/mol. The summed E-state index contributed by atoms with van der Waals surface area (Å²) in [4.78, 5) is 29.0. The molecule has 1 amide bonds. The van der Waals surface area contributed by atoms with Crippen molar-refractivity contribution in [2.75, 3.05) is 13.2 Å². The highest BCUT2D eigenvalue weighted by Gasteiger charge is 2.34. The third-order valence-electron chi connectivity index (χ3n) is 4.45. The first-order valence-corrected chi connectivity index (χ1v) is 8.70. The maximum Gasteiger partial charge on any atom is 0.296 e. The Hall–Kier alpha value is -2.67. The number of rotatable bonds is 5. The van der Waals surface area contributed by atoms with E-state index < -0.39 is 22.8 Å². The minimum Gasteiger partial charge on any atom is -0.501 e. The van der Waals surface area contributed by atoms with Crippen molar-refractivity contribution in [3.05, 3.63) is 57.8 Å². The van der Waals surface area contributed by atoms with Crippen LogP contribution in [0.3, 0.4) is 0 Å². The summed E-state index contributed by atoms with van der Waals surface area (Å²) in [7, 11) is 0. The summed E-state index contributed by atoms with van der Waals surface area (Å²) in [6, 6.07) is 9.96. The molecule has 0 aliphatic carbocycles. The Morgan fingerprint density at radius 2 is 2.08 bits per heavy atom. The molecule has 138 valence electrons. The molecule has 7 heteroatoms. The van der Waals surface area contributed by atoms with Crippen molar-refractivity contribution in [1.82, 2.24) is 14.9 Å². The van der Waals surface area contributed by atoms with Gasteiger partial charge in [-0.05, 0) is 32.3 Å². The number of ether oxygens (including phenoxy) is 1. The van der Waals surface area contributed by atoms with Crippen LogP contribution in [0, 0.1) is 0 Å². The standard InChI is InChI=1S/C19H23N3O4/c1-19(2)18-21-14(15(23)17(25)22(18)11-12-26-19)16(24)20-10-6-9-13-7-4-3-5-8-13/h3-5,7-8,23H,6,9-12H2,1-2H3,(H,20,24). The number of aryl methyl sites for hydroxylation is 1. The molecule has 0 bridgehead atoms. The third kappa shape index (κ3) is 3.62. The number of aromatic nitrogens is 2. The summed E-state index contributed by atoms with van der Waals surface area (Å²) in [6.07, 6.45) is 1.57. The summed E-state index contributed by atoms with van der Waals surface area (Å²) in [5, 5.41) is 12.9. The van der Waals surface area contributed by atoms with Crippen molar-refractivity contribution in [2.24, 2.45) is 0 Å². The van der Waals surface area contributed by atoms with E-state index in [-0.39, 0.29) is 5.69 Å². The van der Waals surface area contributed by atoms with Gasteiger partial charge in [-0.2, -0.15) is 0 Å². The molecule has 3 rings (SSSR count). The zero-order chi connectivity index (χ0) is 18.7. The first kappa shape index (κ1) is 18.1. The molecule has 2 aromatic rings. The number of amides is 1. The fourth-order valence-corrected chi connectivity index (χ4v) is 3.05. The van der Waals surface area contributed by atoms with Gasteiger partial charge in [0.2, 0.25) is 5.75 Å². The smallest absolute Gasteiger partial charge is 0.296 e. The first-order valence-electron chi connectivity index (χ1n) is 8.70. The highest BCUT2D eigenvalue weighted by atomic mass is 16.5. The molecular weight excluding hydrogens is 334 g/mol. The molecule has 0 spiro atoms. The minimum atomic E-state index is -0.798. The molecule has 2 N–H and O–H groups in total. The van der Waals surface area contributed by atoms with Crippen LogP contribution in [0.1, 0.15) is 42.1 Å². The Bertz CT molecular complexity index is 859. The molecule has 2 heterocycles. The summed E-state index contributed by atoms with van der Waals surface area (Å²) in [5.74, 6) is -0.828. The molecule has 1 aliphatic heterocycles. The van der Waals surface area contributed by atoms with Gasteiger partial charge in [0.15, 0.2) is 5.69 Å². The van der Waals surface area contributed by atoms with Crippen molar-refractivity contribution in [3.8, 4) is 5.75 Å². The lowest BCUT2D eigenvalue weighted by Gasteiger charge is -2.32. The van der Waals surface area contributed by atoms with Gasteiger partial charge < -0.3 is 15.2 Å². The second-order valence-corrected chi connectivity index (χ2v) is 6.79. The van der Waals surface area contributed by atoms with Gasteiger partial charge in [0.25, 0.3) is 11.5 Å². The van der Waals surface area contributed by atoms with E-state index in [4.69, 9.17) is 4.74 Å². The Kier molecular flexibility index (Phi) is 5.08. The zero-order valence-electron chi connectivity index (χ0n) is 15.0. The molecule has 0 unspecified atom stereocenters. The van der Waals surface area contributed by atoms with Gasteiger partial charge >= 0.3 is 0 Å². The van der Waals surface area contributed by atoms with Crippen LogP contribution in [0.15, 0.2) is 35.1 Å². The summed E-state index contributed by atoms with van der Waals surface area (Å²) < 4.78 is 7.00. The van der Waals surface area contributed by atoms with Gasteiger partial charge in [-0.25, -0.2) is 4.98 Å². The van der Waals surface area contributed by atoms with Gasteiger partial charge in [-0.3, -0.25) is 14.2 Å². The van der Waals surface area contributed by atoms with Gasteiger partial charge in [-0.15, -0.1) is 0 Å². The Morgan fingerprint density at radius 1 is 1.35 bits per heavy atom. The normalized spacial score (nSPS) is 15.3. The second-order valence-electron chi connectivity index (χ2n) is 6.79. The number of nitrogens with zero attached hydrogens (tertiary/aromatic N) is 2. The van der Waals surface area contributed by atoms with Crippen molar-refractivity contribution in [2.45, 2.75) is 38.8 Å². The number of hydrogen-bond donors (Lipinski definition) is 2. The van der Waals surface area contributed by atoms with Gasteiger partial charge in [0.05, 0.1) is 13.2 Å². The highest BCUT2D eigenvalue weighted by Crippen LogP contribution is 2.27. The molecule has 26 heavy (non-hydrogen) atoms. The molecule has 1 aliphatic rings. The maximum absolute atomic E-state index is 12.4. The monoisotopic (exact) mass is 357 g/mol. The van der Waals surface area contributed by atoms with Crippen LogP contribution in [0.5, 0.6) is 5.75 Å². The summed E-state index contributed by atoms with van der Waals surface area (Å²) in [6.45, 7) is 4.64. The molecule has 0 fully saturated rings. The largest absolute Gasteiger partial charge is 0.501 e. The number of hydrogen-bond acceptors (Lipinski definition) is 5. The second kappa shape index (κ2) is 7.29. The van der Waals surface area contributed by atoms with Crippen LogP contribution < -0.4 is 10.9 Å². The van der Waals surface area contributed by atoms with Crippen LogP contribution in [-0.2, 0) is 23.3 Å². The van der Waals surface area contributed by atoms with E-state index in [1.165, 1.54) is 10.1 Å². The van der Waals surface area contributed by atoms with E-state index in [2.05, 4.69) is 10.3 Å². The predicted octanol–water partition coefficient (Wildman–Crippen LogP) is 1.58. The van der Waals surface area contributed by atoms with Gasteiger partial charge in [-0.1, -0.05) is 30.3 Å². The fourth-order valence-electron chi connectivity index (χ4n) is 3.05. The van der Waals surface area contributed by atoms with Gasteiger partial charge in [0, 0.05) is 6.54 Å². The topological polar surface area (TPSA) is 93.5 Å². The van der Waals surface area contributed by atoms with Crippen LogP contribution >= 0.6 is 0 Å². The number of aromatic hydroxyl groups is 1. The average Bonchev–Trinajstić information content (AvgIpc) is 2.62. The Labute approximate surface area is 151 Å². The number of benzene rings is 1. The number of fused-ring (bicyclic) bond motifs is 1. The van der Waals surface area contributed by atoms with Crippen LogP contribution in [0.25, 0.3) is 0 Å². The van der Waals surface area contributed by atoms with Crippen molar-refractivity contribution >= 4 is 5.91 Å². The lowest BCUT2D eigenvalue weighted by Crippen LogP contribution is -2.42. The fraction of sp³-hybridized carbons (Fsp3) is 0.421. The average molecular weight is 357 g/mol. The first-order chi connectivity index (χ1) is 12.4. The summed E-state index contributed by atoms with van der Waals surface area (Å²) in [5.41, 5.74) is -0.470. The third-order valence-corrected chi connectivity index (χ3v) is 4.45. The van der Waals surface area contributed by atoms with E-state index in [0.29, 0.717) is 25.5 Å². The van der Waals surface area contributed by atoms with Crippen LogP contribution in [-0.4, -0.2) is 33.7 Å². The highest BCUT2D eigenvalue weighted by molar-refractivity contribution is 5.94. The number of carbonyl (C=O) groups excluding carboxylic acids is 1. The molecule has 1 aromatic carbocycles. The Morgan fingerprint density at radius 3 is 2.81 bits per heavy atom. The molecule has 7 nitrogen and oxygen atoms in total. The lowest BCUT2D eigenvalue weighted by atomic mass is 10.1. The minimum absolute atomic E-state index is 0.250. The number of carbonyl (C=O) groups is 1. The Balaban J connectivity index is 1.71. The molecule has 0 saturated carbocycles.